The van der Waals surface area contributed by atoms with Crippen molar-refractivity contribution in [2.24, 2.45) is 17.4 Å². The number of amides is 4. The number of carboxylic acids is 1. The maximum atomic E-state index is 12.5. The summed E-state index contributed by atoms with van der Waals surface area (Å²) in [5, 5.41) is 25.2. The van der Waals surface area contributed by atoms with Crippen LogP contribution in [0.25, 0.3) is 0 Å². The van der Waals surface area contributed by atoms with Crippen molar-refractivity contribution in [3.63, 3.8) is 0 Å². The van der Waals surface area contributed by atoms with Crippen LogP contribution in [0.15, 0.2) is 0 Å². The van der Waals surface area contributed by atoms with Gasteiger partial charge in [0.25, 0.3) is 0 Å². The third-order valence-corrected chi connectivity index (χ3v) is 3.74. The van der Waals surface area contributed by atoms with Crippen molar-refractivity contribution in [1.29, 1.82) is 0 Å². The summed E-state index contributed by atoms with van der Waals surface area (Å²) in [4.78, 5) is 59.0. The summed E-state index contributed by atoms with van der Waals surface area (Å²) in [5.74, 6) is -5.22. The van der Waals surface area contributed by atoms with Gasteiger partial charge in [-0.25, -0.2) is 4.79 Å². The highest BCUT2D eigenvalue weighted by Gasteiger charge is 2.33. The van der Waals surface area contributed by atoms with Crippen LogP contribution in [0.5, 0.6) is 0 Å². The molecule has 12 nitrogen and oxygen atoms in total. The summed E-state index contributed by atoms with van der Waals surface area (Å²) >= 11 is 0. The van der Waals surface area contributed by atoms with Crippen molar-refractivity contribution in [2.75, 3.05) is 0 Å². The molecule has 5 unspecified atom stereocenters. The molecule has 0 spiro atoms. The lowest BCUT2D eigenvalue weighted by atomic mass is 10.0. The van der Waals surface area contributed by atoms with Gasteiger partial charge in [-0.05, 0) is 19.8 Å². The van der Waals surface area contributed by atoms with Gasteiger partial charge in [-0.15, -0.1) is 0 Å². The summed E-state index contributed by atoms with van der Waals surface area (Å²) in [6.45, 7) is 5.86. The fourth-order valence-corrected chi connectivity index (χ4v) is 2.13. The van der Waals surface area contributed by atoms with Crippen molar-refractivity contribution in [2.45, 2.75) is 64.4 Å². The molecule has 9 N–H and O–H groups in total. The van der Waals surface area contributed by atoms with Crippen LogP contribution in [0.4, 0.5) is 0 Å². The zero-order chi connectivity index (χ0) is 22.2. The van der Waals surface area contributed by atoms with E-state index in [9.17, 15) is 29.1 Å². The summed E-state index contributed by atoms with van der Waals surface area (Å²) in [6.07, 6.45) is -2.05. The molecule has 5 atom stereocenters. The van der Waals surface area contributed by atoms with E-state index in [4.69, 9.17) is 16.6 Å². The van der Waals surface area contributed by atoms with E-state index < -0.39 is 66.3 Å². The van der Waals surface area contributed by atoms with Crippen LogP contribution in [0.3, 0.4) is 0 Å². The maximum Gasteiger partial charge on any atom is 0.328 e. The summed E-state index contributed by atoms with van der Waals surface area (Å²) in [7, 11) is 0. The Morgan fingerprint density at radius 3 is 1.71 bits per heavy atom. The van der Waals surface area contributed by atoms with E-state index in [0.717, 1.165) is 6.92 Å². The molecular weight excluding hydrogens is 374 g/mol. The highest BCUT2D eigenvalue weighted by molar-refractivity contribution is 5.96. The Kier molecular flexibility index (Phi) is 10.1. The van der Waals surface area contributed by atoms with Gasteiger partial charge < -0.3 is 37.6 Å². The molecule has 0 aromatic rings. The van der Waals surface area contributed by atoms with Gasteiger partial charge in [0.1, 0.15) is 12.1 Å². The summed E-state index contributed by atoms with van der Waals surface area (Å²) < 4.78 is 0. The molecule has 0 radical (unpaired) electrons. The first-order valence-corrected chi connectivity index (χ1v) is 8.63. The van der Waals surface area contributed by atoms with Crippen molar-refractivity contribution < 1.29 is 34.2 Å². The minimum Gasteiger partial charge on any atom is -0.480 e. The van der Waals surface area contributed by atoms with Crippen LogP contribution in [-0.2, 0) is 24.0 Å². The Labute approximate surface area is 162 Å². The zero-order valence-corrected chi connectivity index (χ0v) is 16.3. The summed E-state index contributed by atoms with van der Waals surface area (Å²) in [6, 6.07) is -5.09. The molecule has 4 amide bonds. The third-order valence-electron chi connectivity index (χ3n) is 3.74. The Bertz CT molecular complexity index is 606. The monoisotopic (exact) mass is 403 g/mol. The smallest absolute Gasteiger partial charge is 0.328 e. The second kappa shape index (κ2) is 11.2. The Morgan fingerprint density at radius 1 is 0.857 bits per heavy atom. The number of aliphatic carboxylic acids is 1. The minimum atomic E-state index is -1.65. The first kappa shape index (κ1) is 25.3. The molecule has 28 heavy (non-hydrogen) atoms. The average molecular weight is 403 g/mol. The number of carbonyl (C=O) groups excluding carboxylic acids is 4. The lowest BCUT2D eigenvalue weighted by Crippen LogP contribution is -2.59. The topological polar surface area (TPSA) is 214 Å². The van der Waals surface area contributed by atoms with Crippen LogP contribution >= 0.6 is 0 Å². The van der Waals surface area contributed by atoms with Gasteiger partial charge in [0.05, 0.1) is 18.6 Å². The molecule has 0 aliphatic heterocycles. The average Bonchev–Trinajstić information content (AvgIpc) is 2.54. The quantitative estimate of drug-likeness (QED) is 0.186. The second-order valence-corrected chi connectivity index (χ2v) is 6.82. The Balaban J connectivity index is 5.41. The number of rotatable bonds is 11. The number of aliphatic hydroxyl groups excluding tert-OH is 1. The first-order valence-electron chi connectivity index (χ1n) is 8.63. The lowest BCUT2D eigenvalue weighted by molar-refractivity contribution is -0.145. The number of carbonyl (C=O) groups is 5. The van der Waals surface area contributed by atoms with Gasteiger partial charge in [0.15, 0.2) is 6.04 Å². The normalized spacial score (nSPS) is 16.2. The zero-order valence-electron chi connectivity index (χ0n) is 16.3. The molecular formula is C16H29N5O7. The number of primary amides is 1. The van der Waals surface area contributed by atoms with Crippen molar-refractivity contribution >= 4 is 29.6 Å². The number of hydrogen-bond acceptors (Lipinski definition) is 7. The van der Waals surface area contributed by atoms with E-state index in [2.05, 4.69) is 10.6 Å². The van der Waals surface area contributed by atoms with E-state index in [-0.39, 0.29) is 5.92 Å². The van der Waals surface area contributed by atoms with Gasteiger partial charge in [0, 0.05) is 0 Å². The van der Waals surface area contributed by atoms with E-state index in [1.807, 2.05) is 5.32 Å². The number of hydrogen-bond donors (Lipinski definition) is 7. The van der Waals surface area contributed by atoms with Gasteiger partial charge in [0.2, 0.25) is 23.6 Å². The van der Waals surface area contributed by atoms with E-state index >= 15 is 0 Å². The SMILES string of the molecule is CC(N)C(=O)NC(C(=O)NC(CC(N)=O)C(=O)NC(C(=O)O)C(C)O)C(C)C. The fraction of sp³-hybridized carbons (Fsp3) is 0.688. The molecule has 0 bridgehead atoms. The molecule has 0 heterocycles. The van der Waals surface area contributed by atoms with Gasteiger partial charge in [-0.2, -0.15) is 0 Å². The van der Waals surface area contributed by atoms with Crippen LogP contribution < -0.4 is 27.4 Å². The molecule has 0 aromatic heterocycles. The maximum absolute atomic E-state index is 12.5. The fourth-order valence-electron chi connectivity index (χ4n) is 2.13. The van der Waals surface area contributed by atoms with Crippen LogP contribution in [0.1, 0.15) is 34.1 Å². The molecule has 0 rings (SSSR count). The number of aliphatic hydroxyl groups is 1. The van der Waals surface area contributed by atoms with Crippen molar-refractivity contribution in [3.8, 4) is 0 Å². The van der Waals surface area contributed by atoms with E-state index in [1.54, 1.807) is 13.8 Å². The molecule has 0 saturated heterocycles. The number of nitrogens with one attached hydrogen (secondary N) is 3. The molecule has 12 heteroatoms. The molecule has 0 aliphatic carbocycles. The molecule has 160 valence electrons. The molecule has 0 saturated carbocycles. The van der Waals surface area contributed by atoms with Crippen LogP contribution in [0, 0.1) is 5.92 Å². The predicted molar refractivity (Wildman–Crippen MR) is 97.4 cm³/mol. The van der Waals surface area contributed by atoms with Gasteiger partial charge in [-0.1, -0.05) is 13.8 Å². The number of carboxylic acid groups (broad SMARTS) is 1. The largest absolute Gasteiger partial charge is 0.480 e. The lowest BCUT2D eigenvalue weighted by Gasteiger charge is -2.26. The van der Waals surface area contributed by atoms with Crippen LogP contribution in [0.2, 0.25) is 0 Å². The molecule has 0 aliphatic rings. The van der Waals surface area contributed by atoms with Gasteiger partial charge in [-0.3, -0.25) is 19.2 Å². The number of nitrogens with two attached hydrogens (primary N) is 2. The Hall–Kier alpha value is -2.73. The summed E-state index contributed by atoms with van der Waals surface area (Å²) in [5.41, 5.74) is 10.6. The van der Waals surface area contributed by atoms with Gasteiger partial charge >= 0.3 is 5.97 Å². The van der Waals surface area contributed by atoms with Crippen LogP contribution in [-0.4, -0.2) is 70.1 Å². The molecule has 0 fully saturated rings. The molecule has 0 aromatic carbocycles. The minimum absolute atomic E-state index is 0.385. The first-order chi connectivity index (χ1) is 12.8. The predicted octanol–water partition coefficient (Wildman–Crippen LogP) is -3.22. The third kappa shape index (κ3) is 8.31. The van der Waals surface area contributed by atoms with E-state index in [0.29, 0.717) is 0 Å². The highest BCUT2D eigenvalue weighted by atomic mass is 16.4. The van der Waals surface area contributed by atoms with Crippen molar-refractivity contribution in [3.05, 3.63) is 0 Å². The van der Waals surface area contributed by atoms with Crippen molar-refractivity contribution in [1.82, 2.24) is 16.0 Å². The Morgan fingerprint density at radius 2 is 1.36 bits per heavy atom. The van der Waals surface area contributed by atoms with E-state index in [1.165, 1.54) is 6.92 Å². The standard InChI is InChI=1S/C16H29N5O7/c1-6(2)11(20-13(24)7(3)17)15(26)19-9(5-10(18)23)14(25)21-12(8(4)22)16(27)28/h6-9,11-12,22H,5,17H2,1-4H3,(H2,18,23)(H,19,26)(H,20,24)(H,21,25)(H,27,28). The second-order valence-electron chi connectivity index (χ2n) is 6.82. The highest BCUT2D eigenvalue weighted by Crippen LogP contribution is 2.05.